The first-order valence-electron chi connectivity index (χ1n) is 8.35. The Bertz CT molecular complexity index is 851. The van der Waals surface area contributed by atoms with E-state index in [1.54, 1.807) is 7.11 Å². The number of benzene rings is 3. The molecule has 0 fully saturated rings. The summed E-state index contributed by atoms with van der Waals surface area (Å²) in [6.45, 7) is 0. The van der Waals surface area contributed by atoms with Crippen LogP contribution in [0.5, 0.6) is 5.75 Å². The summed E-state index contributed by atoms with van der Waals surface area (Å²) in [4.78, 5) is 1.73. The van der Waals surface area contributed by atoms with Crippen molar-refractivity contribution in [2.45, 2.75) is 15.5 Å². The lowest BCUT2D eigenvalue weighted by atomic mass is 10.2. The Kier molecular flexibility index (Phi) is 7.40. The molecule has 3 rings (SSSR count). The van der Waals surface area contributed by atoms with E-state index in [2.05, 4.69) is 0 Å². The number of hydrogen-bond acceptors (Lipinski definition) is 2. The fraction of sp³-hybridized carbons (Fsp3) is 0.100. The molecule has 0 aromatic heterocycles. The summed E-state index contributed by atoms with van der Waals surface area (Å²) in [6, 6.07) is 27.2. The molecule has 0 spiro atoms. The largest absolute Gasteiger partial charge is 0.673 e. The SMILES string of the molecule is COc1ccc(C[S+](=O)(c2ccccc2)c2ccccc2)cc1.F[B-](F)(F)F. The molecule has 0 atom stereocenters. The minimum Gasteiger partial charge on any atom is -0.497 e. The number of hydrogen-bond donors (Lipinski definition) is 0. The van der Waals surface area contributed by atoms with Crippen LogP contribution in [-0.2, 0) is 19.9 Å². The van der Waals surface area contributed by atoms with Gasteiger partial charge >= 0.3 is 7.25 Å². The van der Waals surface area contributed by atoms with Gasteiger partial charge in [0, 0.05) is 5.56 Å². The van der Waals surface area contributed by atoms with Crippen molar-refractivity contribution in [2.75, 3.05) is 7.11 Å². The van der Waals surface area contributed by atoms with Gasteiger partial charge in [0.05, 0.1) is 7.11 Å². The molecule has 8 heteroatoms. The van der Waals surface area contributed by atoms with Crippen molar-refractivity contribution in [2.24, 2.45) is 0 Å². The van der Waals surface area contributed by atoms with E-state index >= 15 is 0 Å². The molecule has 0 unspecified atom stereocenters. The second-order valence-electron chi connectivity index (χ2n) is 5.79. The monoisotopic (exact) mass is 410 g/mol. The highest BCUT2D eigenvalue weighted by Crippen LogP contribution is 2.32. The molecule has 0 N–H and O–H groups in total. The van der Waals surface area contributed by atoms with Gasteiger partial charge in [-0.05, 0) is 36.4 Å². The molecule has 0 aliphatic heterocycles. The second-order valence-corrected chi connectivity index (χ2v) is 8.37. The van der Waals surface area contributed by atoms with Crippen LogP contribution in [0.15, 0.2) is 94.7 Å². The Morgan fingerprint density at radius 2 is 1.14 bits per heavy atom. The third-order valence-electron chi connectivity index (χ3n) is 3.78. The number of halogens is 4. The van der Waals surface area contributed by atoms with Crippen LogP contribution in [0, 0.1) is 0 Å². The first-order valence-corrected chi connectivity index (χ1v) is 10.1. The third kappa shape index (κ3) is 6.53. The van der Waals surface area contributed by atoms with Gasteiger partial charge < -0.3 is 22.0 Å². The Hall–Kier alpha value is -2.61. The molecule has 0 aliphatic rings. The molecular weight excluding hydrogens is 391 g/mol. The normalized spacial score (nSPS) is 11.3. The molecule has 3 aromatic carbocycles. The van der Waals surface area contributed by atoms with E-state index in [-0.39, 0.29) is 0 Å². The van der Waals surface area contributed by atoms with E-state index in [0.29, 0.717) is 5.75 Å². The molecule has 0 heterocycles. The highest BCUT2D eigenvalue weighted by atomic mass is 32.2. The van der Waals surface area contributed by atoms with Crippen LogP contribution in [0.3, 0.4) is 0 Å². The quantitative estimate of drug-likeness (QED) is 0.288. The molecule has 0 amide bonds. The van der Waals surface area contributed by atoms with Gasteiger partial charge in [-0.1, -0.05) is 52.7 Å². The zero-order chi connectivity index (χ0) is 20.6. The summed E-state index contributed by atoms with van der Waals surface area (Å²) in [5.74, 6) is 1.28. The van der Waals surface area contributed by atoms with Crippen LogP contribution in [0.4, 0.5) is 17.3 Å². The smallest absolute Gasteiger partial charge is 0.497 e. The molecule has 3 aromatic rings. The van der Waals surface area contributed by atoms with Crippen LogP contribution in [0.2, 0.25) is 0 Å². The Balaban J connectivity index is 0.000000500. The topological polar surface area (TPSA) is 26.3 Å². The first kappa shape index (κ1) is 21.7. The highest BCUT2D eigenvalue weighted by molar-refractivity contribution is 8.02. The number of methoxy groups -OCH3 is 1. The van der Waals surface area contributed by atoms with Gasteiger partial charge in [-0.2, -0.15) is 0 Å². The molecule has 148 valence electrons. The van der Waals surface area contributed by atoms with Crippen LogP contribution in [0.25, 0.3) is 0 Å². The molecule has 0 bridgehead atoms. The van der Waals surface area contributed by atoms with E-state index in [4.69, 9.17) is 4.74 Å². The van der Waals surface area contributed by atoms with Crippen molar-refractivity contribution in [3.63, 3.8) is 0 Å². The Morgan fingerprint density at radius 1 is 0.750 bits per heavy atom. The van der Waals surface area contributed by atoms with Crippen molar-refractivity contribution in [3.05, 3.63) is 90.5 Å². The van der Waals surface area contributed by atoms with Gasteiger partial charge in [0.25, 0.3) is 0 Å². The van der Waals surface area contributed by atoms with Gasteiger partial charge in [0.1, 0.15) is 11.5 Å². The molecule has 0 saturated heterocycles. The summed E-state index contributed by atoms with van der Waals surface area (Å²) in [5.41, 5.74) is 1.03. The molecule has 0 saturated carbocycles. The van der Waals surface area contributed by atoms with Crippen molar-refractivity contribution in [3.8, 4) is 5.75 Å². The first-order chi connectivity index (χ1) is 13.2. The van der Waals surface area contributed by atoms with Gasteiger partial charge in [-0.3, -0.25) is 0 Å². The summed E-state index contributed by atoms with van der Waals surface area (Å²) in [5, 5.41) is 0. The molecule has 2 nitrogen and oxygen atoms in total. The van der Waals surface area contributed by atoms with E-state index in [9.17, 15) is 21.5 Å². The van der Waals surface area contributed by atoms with Crippen molar-refractivity contribution in [1.82, 2.24) is 0 Å². The summed E-state index contributed by atoms with van der Waals surface area (Å²) >= 11 is 0. The van der Waals surface area contributed by atoms with Gasteiger partial charge in [-0.15, -0.1) is 0 Å². The van der Waals surface area contributed by atoms with Crippen LogP contribution < -0.4 is 4.74 Å². The zero-order valence-corrected chi connectivity index (χ0v) is 15.9. The van der Waals surface area contributed by atoms with E-state index < -0.39 is 17.2 Å². The lowest BCUT2D eigenvalue weighted by molar-refractivity contribution is 0.368. The fourth-order valence-electron chi connectivity index (χ4n) is 2.54. The van der Waals surface area contributed by atoms with Crippen molar-refractivity contribution in [1.29, 1.82) is 0 Å². The maximum absolute atomic E-state index is 13.9. The number of rotatable bonds is 5. The standard InChI is InChI=1S/C20H19O2S.BF4/c1-22-18-14-12-17(13-15-18)16-23(21,19-8-4-2-5-9-19)20-10-6-3-7-11-20;2-1(3,4)5/h2-15H,16H2,1H3;/q+1;-1. The van der Waals surface area contributed by atoms with Crippen LogP contribution in [-0.4, -0.2) is 14.4 Å². The highest BCUT2D eigenvalue weighted by Gasteiger charge is 2.34. The van der Waals surface area contributed by atoms with E-state index in [1.165, 1.54) is 0 Å². The lowest BCUT2D eigenvalue weighted by Gasteiger charge is -2.12. The summed E-state index contributed by atoms with van der Waals surface area (Å²) < 4.78 is 58.1. The summed E-state index contributed by atoms with van der Waals surface area (Å²) in [6.07, 6.45) is 0. The molecule has 0 aliphatic carbocycles. The minimum absolute atomic E-state index is 0.477. The van der Waals surface area contributed by atoms with Crippen LogP contribution >= 0.6 is 0 Å². The molecule has 0 radical (unpaired) electrons. The average Bonchev–Trinajstić information content (AvgIpc) is 2.68. The van der Waals surface area contributed by atoms with Crippen LogP contribution in [0.1, 0.15) is 5.56 Å². The van der Waals surface area contributed by atoms with Crippen molar-refractivity contribution >= 4 is 17.2 Å². The molecule has 28 heavy (non-hydrogen) atoms. The predicted octanol–water partition coefficient (Wildman–Crippen LogP) is 6.11. The Morgan fingerprint density at radius 3 is 1.50 bits per heavy atom. The Labute approximate surface area is 162 Å². The third-order valence-corrected chi connectivity index (χ3v) is 6.58. The number of ether oxygens (including phenoxy) is 1. The second kappa shape index (κ2) is 9.55. The van der Waals surface area contributed by atoms with Crippen molar-refractivity contribution < 1.29 is 26.2 Å². The maximum Gasteiger partial charge on any atom is 0.673 e. The van der Waals surface area contributed by atoms with Gasteiger partial charge in [0.2, 0.25) is 0 Å². The summed E-state index contributed by atoms with van der Waals surface area (Å²) in [7, 11) is -6.71. The van der Waals surface area contributed by atoms with E-state index in [0.717, 1.165) is 21.1 Å². The van der Waals surface area contributed by atoms with Gasteiger partial charge in [0.15, 0.2) is 19.7 Å². The van der Waals surface area contributed by atoms with Gasteiger partial charge in [-0.25, -0.2) is 0 Å². The minimum atomic E-state index is -6.00. The van der Waals surface area contributed by atoms with E-state index in [1.807, 2.05) is 84.9 Å². The average molecular weight is 410 g/mol. The maximum atomic E-state index is 13.9. The molecular formula is C20H19BF4O2S. The predicted molar refractivity (Wildman–Crippen MR) is 104 cm³/mol. The fourth-order valence-corrected chi connectivity index (χ4v) is 5.00. The lowest BCUT2D eigenvalue weighted by Crippen LogP contribution is -2.15. The zero-order valence-electron chi connectivity index (χ0n) is 15.1.